The molecular formula is C14H24N6O2. The molecule has 1 aromatic heterocycles. The number of likely N-dealkylation sites (tertiary alicyclic amines) is 1. The van der Waals surface area contributed by atoms with E-state index in [1.165, 1.54) is 0 Å². The van der Waals surface area contributed by atoms with Crippen molar-refractivity contribution in [3.05, 3.63) is 6.20 Å². The summed E-state index contributed by atoms with van der Waals surface area (Å²) in [5.41, 5.74) is 0. The molecule has 1 amide bonds. The van der Waals surface area contributed by atoms with Gasteiger partial charge in [-0.25, -0.2) is 4.79 Å². The number of ether oxygens (including phenoxy) is 1. The van der Waals surface area contributed by atoms with E-state index in [0.29, 0.717) is 31.5 Å². The van der Waals surface area contributed by atoms with Crippen molar-refractivity contribution in [2.75, 3.05) is 30.3 Å². The lowest BCUT2D eigenvalue weighted by Gasteiger charge is -2.31. The first-order valence-corrected chi connectivity index (χ1v) is 7.73. The van der Waals surface area contributed by atoms with Crippen LogP contribution in [0.4, 0.5) is 16.6 Å². The number of aromatic nitrogens is 3. The van der Waals surface area contributed by atoms with Crippen molar-refractivity contribution in [3.63, 3.8) is 0 Å². The van der Waals surface area contributed by atoms with Crippen LogP contribution in [0, 0.1) is 0 Å². The van der Waals surface area contributed by atoms with E-state index in [4.69, 9.17) is 4.74 Å². The average Bonchev–Trinajstić information content (AvgIpc) is 2.48. The summed E-state index contributed by atoms with van der Waals surface area (Å²) in [4.78, 5) is 17.8. The molecule has 0 unspecified atom stereocenters. The average molecular weight is 308 g/mol. The molecule has 0 spiro atoms. The number of nitrogens with zero attached hydrogens (tertiary/aromatic N) is 4. The van der Waals surface area contributed by atoms with E-state index < -0.39 is 0 Å². The summed E-state index contributed by atoms with van der Waals surface area (Å²) in [5.74, 6) is 1.22. The summed E-state index contributed by atoms with van der Waals surface area (Å²) in [7, 11) is 0. The number of amides is 1. The van der Waals surface area contributed by atoms with Gasteiger partial charge in [-0.3, -0.25) is 0 Å². The highest BCUT2D eigenvalue weighted by molar-refractivity contribution is 5.67. The molecule has 1 aliphatic rings. The Kier molecular flexibility index (Phi) is 5.74. The Balaban J connectivity index is 1.84. The molecule has 0 radical (unpaired) electrons. The normalized spacial score (nSPS) is 15.7. The minimum absolute atomic E-state index is 0.229. The molecule has 0 aliphatic carbocycles. The molecule has 2 heterocycles. The lowest BCUT2D eigenvalue weighted by Crippen LogP contribution is -2.42. The maximum absolute atomic E-state index is 11.7. The molecule has 0 bridgehead atoms. The fraction of sp³-hybridized carbons (Fsp3) is 0.714. The Labute approximate surface area is 130 Å². The highest BCUT2D eigenvalue weighted by Crippen LogP contribution is 2.16. The first-order chi connectivity index (χ1) is 10.6. The third-order valence-electron chi connectivity index (χ3n) is 3.35. The summed E-state index contributed by atoms with van der Waals surface area (Å²) in [6.07, 6.45) is 3.10. The van der Waals surface area contributed by atoms with Gasteiger partial charge >= 0.3 is 6.09 Å². The maximum Gasteiger partial charge on any atom is 0.409 e. The zero-order valence-electron chi connectivity index (χ0n) is 13.4. The molecule has 8 heteroatoms. The van der Waals surface area contributed by atoms with Crippen molar-refractivity contribution < 1.29 is 9.53 Å². The van der Waals surface area contributed by atoms with E-state index in [1.807, 2.05) is 20.8 Å². The van der Waals surface area contributed by atoms with Gasteiger partial charge in [0.25, 0.3) is 0 Å². The predicted molar refractivity (Wildman–Crippen MR) is 83.8 cm³/mol. The Bertz CT molecular complexity index is 488. The van der Waals surface area contributed by atoms with Crippen molar-refractivity contribution in [2.45, 2.75) is 45.7 Å². The van der Waals surface area contributed by atoms with E-state index in [-0.39, 0.29) is 18.2 Å². The van der Waals surface area contributed by atoms with Crippen LogP contribution in [0.1, 0.15) is 33.6 Å². The zero-order chi connectivity index (χ0) is 15.9. The maximum atomic E-state index is 11.7. The molecule has 122 valence electrons. The molecule has 0 atom stereocenters. The number of rotatable bonds is 5. The van der Waals surface area contributed by atoms with Gasteiger partial charge in [0.15, 0.2) is 5.82 Å². The van der Waals surface area contributed by atoms with Crippen LogP contribution in [0.15, 0.2) is 6.20 Å². The monoisotopic (exact) mass is 308 g/mol. The van der Waals surface area contributed by atoms with Crippen LogP contribution in [0.25, 0.3) is 0 Å². The summed E-state index contributed by atoms with van der Waals surface area (Å²) in [6.45, 7) is 7.65. The van der Waals surface area contributed by atoms with Gasteiger partial charge in [-0.2, -0.15) is 10.1 Å². The van der Waals surface area contributed by atoms with Gasteiger partial charge in [-0.05, 0) is 33.6 Å². The number of piperidine rings is 1. The topological polar surface area (TPSA) is 92.3 Å². The summed E-state index contributed by atoms with van der Waals surface area (Å²) in [6, 6.07) is 0.527. The SMILES string of the molecule is CCOC(=O)N1CCC(Nc2cnnc(NC(C)C)n2)CC1. The van der Waals surface area contributed by atoms with Gasteiger partial charge in [0.2, 0.25) is 5.95 Å². The number of anilines is 2. The van der Waals surface area contributed by atoms with Crippen molar-refractivity contribution in [1.29, 1.82) is 0 Å². The lowest BCUT2D eigenvalue weighted by atomic mass is 10.1. The quantitative estimate of drug-likeness (QED) is 0.855. The smallest absolute Gasteiger partial charge is 0.409 e. The van der Waals surface area contributed by atoms with Crippen molar-refractivity contribution in [1.82, 2.24) is 20.1 Å². The van der Waals surface area contributed by atoms with Crippen LogP contribution in [-0.4, -0.2) is 58.0 Å². The minimum Gasteiger partial charge on any atom is -0.450 e. The molecule has 0 saturated carbocycles. The van der Waals surface area contributed by atoms with Crippen molar-refractivity contribution >= 4 is 17.9 Å². The Morgan fingerprint density at radius 3 is 2.82 bits per heavy atom. The molecule has 8 nitrogen and oxygen atoms in total. The van der Waals surface area contributed by atoms with Crippen LogP contribution in [0.2, 0.25) is 0 Å². The number of hydrogen-bond donors (Lipinski definition) is 2. The fourth-order valence-corrected chi connectivity index (χ4v) is 2.32. The molecule has 0 aromatic carbocycles. The third kappa shape index (κ3) is 4.71. The molecular weight excluding hydrogens is 284 g/mol. The van der Waals surface area contributed by atoms with Gasteiger partial charge in [-0.1, -0.05) is 0 Å². The third-order valence-corrected chi connectivity index (χ3v) is 3.35. The van der Waals surface area contributed by atoms with Gasteiger partial charge in [0.05, 0.1) is 12.8 Å². The first-order valence-electron chi connectivity index (χ1n) is 7.73. The molecule has 1 aliphatic heterocycles. The second-order valence-electron chi connectivity index (χ2n) is 5.57. The molecule has 2 N–H and O–H groups in total. The second-order valence-corrected chi connectivity index (χ2v) is 5.57. The fourth-order valence-electron chi connectivity index (χ4n) is 2.32. The number of carbonyl (C=O) groups excluding carboxylic acids is 1. The summed E-state index contributed by atoms with van der Waals surface area (Å²) >= 11 is 0. The Hall–Kier alpha value is -2.12. The largest absolute Gasteiger partial charge is 0.450 e. The molecule has 2 rings (SSSR count). The van der Waals surface area contributed by atoms with E-state index in [0.717, 1.165) is 12.8 Å². The number of hydrogen-bond acceptors (Lipinski definition) is 7. The molecule has 1 saturated heterocycles. The standard InChI is InChI=1S/C14H24N6O2/c1-4-22-14(21)20-7-5-11(6-8-20)17-12-9-15-19-13(18-12)16-10(2)3/h9-11H,4-8H2,1-3H3,(H2,16,17,18,19). The molecule has 1 aromatic rings. The van der Waals surface area contributed by atoms with Crippen LogP contribution < -0.4 is 10.6 Å². The highest BCUT2D eigenvalue weighted by Gasteiger charge is 2.23. The molecule has 1 fully saturated rings. The van der Waals surface area contributed by atoms with E-state index in [9.17, 15) is 4.79 Å². The zero-order valence-corrected chi connectivity index (χ0v) is 13.4. The van der Waals surface area contributed by atoms with Gasteiger partial charge in [0, 0.05) is 25.2 Å². The Morgan fingerprint density at radius 1 is 1.45 bits per heavy atom. The van der Waals surface area contributed by atoms with Crippen molar-refractivity contribution in [2.24, 2.45) is 0 Å². The first kappa shape index (κ1) is 16.3. The predicted octanol–water partition coefficient (Wildman–Crippen LogP) is 1.72. The highest BCUT2D eigenvalue weighted by atomic mass is 16.6. The van der Waals surface area contributed by atoms with Gasteiger partial charge < -0.3 is 20.3 Å². The summed E-state index contributed by atoms with van der Waals surface area (Å²) in [5, 5.41) is 14.4. The Morgan fingerprint density at radius 2 is 2.18 bits per heavy atom. The van der Waals surface area contributed by atoms with Gasteiger partial charge in [0.1, 0.15) is 0 Å². The van der Waals surface area contributed by atoms with E-state index in [2.05, 4.69) is 25.8 Å². The van der Waals surface area contributed by atoms with E-state index in [1.54, 1.807) is 11.1 Å². The summed E-state index contributed by atoms with van der Waals surface area (Å²) < 4.78 is 5.02. The van der Waals surface area contributed by atoms with Crippen molar-refractivity contribution in [3.8, 4) is 0 Å². The van der Waals surface area contributed by atoms with Gasteiger partial charge in [-0.15, -0.1) is 5.10 Å². The number of carbonyl (C=O) groups is 1. The minimum atomic E-state index is -0.229. The van der Waals surface area contributed by atoms with Crippen LogP contribution in [0.5, 0.6) is 0 Å². The number of nitrogens with one attached hydrogen (secondary N) is 2. The molecule has 22 heavy (non-hydrogen) atoms. The lowest BCUT2D eigenvalue weighted by molar-refractivity contribution is 0.0983. The van der Waals surface area contributed by atoms with Crippen LogP contribution in [0.3, 0.4) is 0 Å². The van der Waals surface area contributed by atoms with Crippen LogP contribution >= 0.6 is 0 Å². The second kappa shape index (κ2) is 7.77. The van der Waals surface area contributed by atoms with Crippen LogP contribution in [-0.2, 0) is 4.74 Å². The van der Waals surface area contributed by atoms with E-state index >= 15 is 0 Å².